The van der Waals surface area contributed by atoms with E-state index in [-0.39, 0.29) is 22.5 Å². The second kappa shape index (κ2) is 5.91. The van der Waals surface area contributed by atoms with E-state index in [1.54, 1.807) is 4.90 Å². The molecule has 0 bridgehead atoms. The number of imidazole rings is 1. The van der Waals surface area contributed by atoms with Crippen LogP contribution in [0, 0.1) is 5.82 Å². The van der Waals surface area contributed by atoms with Crippen LogP contribution in [-0.4, -0.2) is 33.4 Å². The topological polar surface area (TPSA) is 38.1 Å². The van der Waals surface area contributed by atoms with Gasteiger partial charge in [-0.05, 0) is 36.8 Å². The second-order valence-corrected chi connectivity index (χ2v) is 6.37. The van der Waals surface area contributed by atoms with Crippen LogP contribution in [-0.2, 0) is 0 Å². The SMILES string of the molecule is O=C(c1cc(F)ccc1Cl)N1CC[C@@H](n2cnc3ccccc32)C1. The van der Waals surface area contributed by atoms with Gasteiger partial charge in [0.1, 0.15) is 5.82 Å². The standard InChI is InChI=1S/C18H15ClFN3O/c19-15-6-5-12(20)9-14(15)18(24)22-8-7-13(10-22)23-11-21-16-3-1-2-4-17(16)23/h1-6,9,11,13H,7-8,10H2/t13-/m1/s1. The molecule has 0 radical (unpaired) electrons. The van der Waals surface area contributed by atoms with Crippen molar-refractivity contribution in [3.05, 3.63) is 65.2 Å². The molecule has 0 saturated carbocycles. The van der Waals surface area contributed by atoms with Crippen LogP contribution in [0.2, 0.25) is 5.02 Å². The molecule has 1 aromatic heterocycles. The summed E-state index contributed by atoms with van der Waals surface area (Å²) in [7, 11) is 0. The average Bonchev–Trinajstić information content (AvgIpc) is 3.22. The number of rotatable bonds is 2. The fraction of sp³-hybridized carbons (Fsp3) is 0.222. The van der Waals surface area contributed by atoms with E-state index >= 15 is 0 Å². The monoisotopic (exact) mass is 343 g/mol. The molecule has 4 nitrogen and oxygen atoms in total. The smallest absolute Gasteiger partial charge is 0.255 e. The summed E-state index contributed by atoms with van der Waals surface area (Å²) in [4.78, 5) is 18.8. The molecule has 0 aliphatic carbocycles. The third kappa shape index (κ3) is 2.55. The molecule has 0 N–H and O–H groups in total. The van der Waals surface area contributed by atoms with Crippen LogP contribution in [0.5, 0.6) is 0 Å². The lowest BCUT2D eigenvalue weighted by Gasteiger charge is -2.18. The van der Waals surface area contributed by atoms with E-state index < -0.39 is 5.82 Å². The molecule has 3 aromatic rings. The number of halogens is 2. The Morgan fingerprint density at radius 3 is 2.96 bits per heavy atom. The maximum atomic E-state index is 13.4. The lowest BCUT2D eigenvalue weighted by Crippen LogP contribution is -2.29. The van der Waals surface area contributed by atoms with Gasteiger partial charge in [0.05, 0.1) is 34.0 Å². The highest BCUT2D eigenvalue weighted by molar-refractivity contribution is 6.33. The van der Waals surface area contributed by atoms with Gasteiger partial charge in [-0.2, -0.15) is 0 Å². The normalized spacial score (nSPS) is 17.6. The van der Waals surface area contributed by atoms with Crippen LogP contribution in [0.25, 0.3) is 11.0 Å². The zero-order valence-corrected chi connectivity index (χ0v) is 13.6. The van der Waals surface area contributed by atoms with Crippen LogP contribution in [0.4, 0.5) is 4.39 Å². The molecule has 1 aliphatic rings. The molecule has 6 heteroatoms. The summed E-state index contributed by atoms with van der Waals surface area (Å²) in [6.07, 6.45) is 2.65. The fourth-order valence-corrected chi connectivity index (χ4v) is 3.45. The largest absolute Gasteiger partial charge is 0.336 e. The summed E-state index contributed by atoms with van der Waals surface area (Å²) >= 11 is 6.05. The Bertz CT molecular complexity index is 924. The van der Waals surface area contributed by atoms with Gasteiger partial charge >= 0.3 is 0 Å². The quantitative estimate of drug-likeness (QED) is 0.707. The Balaban J connectivity index is 1.58. The van der Waals surface area contributed by atoms with Crippen LogP contribution < -0.4 is 0 Å². The van der Waals surface area contributed by atoms with Crippen molar-refractivity contribution in [3.8, 4) is 0 Å². The number of aromatic nitrogens is 2. The minimum absolute atomic E-state index is 0.161. The maximum Gasteiger partial charge on any atom is 0.255 e. The van der Waals surface area contributed by atoms with Gasteiger partial charge in [-0.3, -0.25) is 4.79 Å². The fourth-order valence-electron chi connectivity index (χ4n) is 3.25. The molecular weight excluding hydrogens is 329 g/mol. The molecule has 1 atom stereocenters. The van der Waals surface area contributed by atoms with Gasteiger partial charge in [-0.15, -0.1) is 0 Å². The number of hydrogen-bond acceptors (Lipinski definition) is 2. The predicted octanol–water partition coefficient (Wildman–Crippen LogP) is 3.92. The van der Waals surface area contributed by atoms with Crippen molar-refractivity contribution in [3.63, 3.8) is 0 Å². The van der Waals surface area contributed by atoms with Crippen LogP contribution in [0.3, 0.4) is 0 Å². The number of amides is 1. The lowest BCUT2D eigenvalue weighted by atomic mass is 10.2. The minimum Gasteiger partial charge on any atom is -0.336 e. The summed E-state index contributed by atoms with van der Waals surface area (Å²) < 4.78 is 15.5. The Hall–Kier alpha value is -2.40. The van der Waals surface area contributed by atoms with Crippen LogP contribution in [0.15, 0.2) is 48.8 Å². The minimum atomic E-state index is -0.459. The molecule has 0 unspecified atom stereocenters. The first-order chi connectivity index (χ1) is 11.6. The van der Waals surface area contributed by atoms with Gasteiger partial charge < -0.3 is 9.47 Å². The highest BCUT2D eigenvalue weighted by atomic mass is 35.5. The molecule has 1 aliphatic heterocycles. The Kier molecular flexibility index (Phi) is 3.73. The van der Waals surface area contributed by atoms with Crippen molar-refractivity contribution in [2.75, 3.05) is 13.1 Å². The second-order valence-electron chi connectivity index (χ2n) is 5.96. The summed E-state index contributed by atoms with van der Waals surface area (Å²) in [6.45, 7) is 1.18. The highest BCUT2D eigenvalue weighted by Gasteiger charge is 2.29. The summed E-state index contributed by atoms with van der Waals surface area (Å²) in [6, 6.07) is 12.0. The molecule has 0 spiro atoms. The van der Waals surface area contributed by atoms with E-state index in [2.05, 4.69) is 9.55 Å². The molecule has 2 heterocycles. The van der Waals surface area contributed by atoms with Crippen molar-refractivity contribution in [2.24, 2.45) is 0 Å². The van der Waals surface area contributed by atoms with Gasteiger partial charge in [-0.1, -0.05) is 23.7 Å². The third-order valence-electron chi connectivity index (χ3n) is 4.48. The summed E-state index contributed by atoms with van der Waals surface area (Å²) in [5.74, 6) is -0.689. The zero-order chi connectivity index (χ0) is 16.7. The lowest BCUT2D eigenvalue weighted by molar-refractivity contribution is 0.0787. The molecule has 1 fully saturated rings. The van der Waals surface area contributed by atoms with Crippen molar-refractivity contribution in [1.29, 1.82) is 0 Å². The van der Waals surface area contributed by atoms with E-state index in [0.29, 0.717) is 13.1 Å². The van der Waals surface area contributed by atoms with Gasteiger partial charge in [0.15, 0.2) is 0 Å². The average molecular weight is 344 g/mol. The van der Waals surface area contributed by atoms with Crippen molar-refractivity contribution >= 4 is 28.5 Å². The zero-order valence-electron chi connectivity index (χ0n) is 12.8. The Morgan fingerprint density at radius 2 is 2.08 bits per heavy atom. The Morgan fingerprint density at radius 1 is 1.25 bits per heavy atom. The van der Waals surface area contributed by atoms with Crippen molar-refractivity contribution in [2.45, 2.75) is 12.5 Å². The summed E-state index contributed by atoms with van der Waals surface area (Å²) in [5, 5.41) is 0.276. The molecule has 1 saturated heterocycles. The van der Waals surface area contributed by atoms with Gasteiger partial charge in [0, 0.05) is 13.1 Å². The van der Waals surface area contributed by atoms with E-state index in [0.717, 1.165) is 17.5 Å². The van der Waals surface area contributed by atoms with E-state index in [1.165, 1.54) is 18.2 Å². The number of likely N-dealkylation sites (tertiary alicyclic amines) is 1. The van der Waals surface area contributed by atoms with Gasteiger partial charge in [0.25, 0.3) is 5.91 Å². The predicted molar refractivity (Wildman–Crippen MR) is 90.7 cm³/mol. The van der Waals surface area contributed by atoms with E-state index in [4.69, 9.17) is 11.6 Å². The van der Waals surface area contributed by atoms with Crippen LogP contribution >= 0.6 is 11.6 Å². The highest BCUT2D eigenvalue weighted by Crippen LogP contribution is 2.28. The molecular formula is C18H15ClFN3O. The molecule has 122 valence electrons. The number of para-hydroxylation sites is 2. The van der Waals surface area contributed by atoms with Crippen molar-refractivity contribution < 1.29 is 9.18 Å². The van der Waals surface area contributed by atoms with Gasteiger partial charge in [0.2, 0.25) is 0 Å². The number of fused-ring (bicyclic) bond motifs is 1. The molecule has 4 rings (SSSR count). The van der Waals surface area contributed by atoms with Crippen molar-refractivity contribution in [1.82, 2.24) is 14.5 Å². The number of hydrogen-bond donors (Lipinski definition) is 0. The number of benzene rings is 2. The maximum absolute atomic E-state index is 13.4. The van der Waals surface area contributed by atoms with Crippen LogP contribution in [0.1, 0.15) is 22.8 Å². The number of carbonyl (C=O) groups is 1. The van der Waals surface area contributed by atoms with Gasteiger partial charge in [-0.25, -0.2) is 9.37 Å². The Labute approximate surface area is 143 Å². The molecule has 24 heavy (non-hydrogen) atoms. The third-order valence-corrected chi connectivity index (χ3v) is 4.81. The molecule has 1 amide bonds. The first kappa shape index (κ1) is 15.1. The first-order valence-electron chi connectivity index (χ1n) is 7.79. The van der Waals surface area contributed by atoms with E-state index in [9.17, 15) is 9.18 Å². The number of carbonyl (C=O) groups excluding carboxylic acids is 1. The van der Waals surface area contributed by atoms with E-state index in [1.807, 2.05) is 30.6 Å². The first-order valence-corrected chi connectivity index (χ1v) is 8.17. The summed E-state index contributed by atoms with van der Waals surface area (Å²) in [5.41, 5.74) is 2.21. The molecule has 2 aromatic carbocycles. The number of nitrogens with zero attached hydrogens (tertiary/aromatic N) is 3.